The van der Waals surface area contributed by atoms with E-state index >= 15 is 0 Å². The fraction of sp³-hybridized carbons (Fsp3) is 0.833. The minimum absolute atomic E-state index is 0. The molecule has 338 valence electrons. The number of ether oxygens (including phenoxy) is 2. The predicted octanol–water partition coefficient (Wildman–Crippen LogP) is 7.62. The molecule has 0 amide bonds. The molecular formula is C48H86I2N2O4S2. The van der Waals surface area contributed by atoms with E-state index in [-0.39, 0.29) is 72.7 Å². The van der Waals surface area contributed by atoms with E-state index in [9.17, 15) is 9.59 Å². The number of unbranched alkanes of at least 4 members (excludes halogenated alkanes) is 26. The van der Waals surface area contributed by atoms with Crippen molar-refractivity contribution in [2.45, 2.75) is 246 Å². The van der Waals surface area contributed by atoms with Gasteiger partial charge in [-0.1, -0.05) is 191 Å². The Morgan fingerprint density at radius 3 is 0.983 bits per heavy atom. The standard InChI is InChI=1S/C48H86N2O4S2.2HI/c1-5-7-9-11-13-15-17-19-21-23-25-27-29-31-37-49-41-55-45(43(49)3)35-39-53-47(51)33-34-48(52)54-40-36-46-44(4)50(42-56-46)38-32-30-28-26-24-22-20-18-16-14-12-10-8-6-2;;/h41-42H,5-40H2,1-4H3;2*1H/q+2;;/p-2. The minimum atomic E-state index is -0.329. The lowest BCUT2D eigenvalue weighted by Crippen LogP contribution is -3.00. The Morgan fingerprint density at radius 1 is 0.448 bits per heavy atom. The molecule has 58 heavy (non-hydrogen) atoms. The fourth-order valence-electron chi connectivity index (χ4n) is 7.64. The number of halogens is 2. The second-order valence-corrected chi connectivity index (χ2v) is 18.4. The number of rotatable bonds is 39. The third-order valence-electron chi connectivity index (χ3n) is 11.5. The van der Waals surface area contributed by atoms with Gasteiger partial charge in [0.25, 0.3) is 0 Å². The quantitative estimate of drug-likeness (QED) is 0.0300. The molecule has 6 nitrogen and oxygen atoms in total. The van der Waals surface area contributed by atoms with Gasteiger partial charge in [-0.15, -0.1) is 0 Å². The summed E-state index contributed by atoms with van der Waals surface area (Å²) in [5, 5.41) is 0. The highest BCUT2D eigenvalue weighted by Crippen LogP contribution is 2.17. The highest BCUT2D eigenvalue weighted by Gasteiger charge is 2.18. The fourth-order valence-corrected chi connectivity index (χ4v) is 9.65. The molecule has 0 unspecified atom stereocenters. The van der Waals surface area contributed by atoms with Crippen molar-refractivity contribution in [3.63, 3.8) is 0 Å². The van der Waals surface area contributed by atoms with Crippen molar-refractivity contribution in [3.05, 3.63) is 32.2 Å². The molecular weight excluding hydrogens is 986 g/mol. The van der Waals surface area contributed by atoms with Gasteiger partial charge in [0.2, 0.25) is 11.0 Å². The zero-order valence-corrected chi connectivity index (χ0v) is 43.7. The van der Waals surface area contributed by atoms with Gasteiger partial charge in [0.15, 0.2) is 11.4 Å². The third-order valence-corrected chi connectivity index (χ3v) is 13.8. The molecule has 0 aliphatic heterocycles. The molecule has 0 saturated heterocycles. The number of hydrogen-bond donors (Lipinski definition) is 0. The maximum absolute atomic E-state index is 12.3. The molecule has 0 atom stereocenters. The van der Waals surface area contributed by atoms with Crippen LogP contribution in [-0.2, 0) is 45.0 Å². The van der Waals surface area contributed by atoms with Gasteiger partial charge < -0.3 is 57.4 Å². The molecule has 0 radical (unpaired) electrons. The molecule has 2 aromatic heterocycles. The molecule has 0 saturated carbocycles. The van der Waals surface area contributed by atoms with Gasteiger partial charge in [-0.3, -0.25) is 9.59 Å². The summed E-state index contributed by atoms with van der Waals surface area (Å²) in [6.07, 6.45) is 40.2. The Bertz CT molecular complexity index is 1160. The van der Waals surface area contributed by atoms with Gasteiger partial charge in [0.1, 0.15) is 13.1 Å². The van der Waals surface area contributed by atoms with Gasteiger partial charge in [-0.2, -0.15) is 9.13 Å². The van der Waals surface area contributed by atoms with Crippen LogP contribution in [0.3, 0.4) is 0 Å². The van der Waals surface area contributed by atoms with E-state index < -0.39 is 0 Å². The van der Waals surface area contributed by atoms with Gasteiger partial charge in [-0.25, -0.2) is 0 Å². The maximum Gasteiger partial charge on any atom is 0.306 e. The number of carbonyl (C=O) groups is 2. The number of thiazole rings is 2. The average molecular weight is 1070 g/mol. The predicted molar refractivity (Wildman–Crippen MR) is 238 cm³/mol. The van der Waals surface area contributed by atoms with Crippen LogP contribution in [0.1, 0.15) is 228 Å². The molecule has 0 bridgehead atoms. The molecule has 2 rings (SSSR count). The zero-order chi connectivity index (χ0) is 40.3. The summed E-state index contributed by atoms with van der Waals surface area (Å²) in [5.41, 5.74) is 6.99. The first kappa shape index (κ1) is 57.7. The number of carbonyl (C=O) groups excluding carboxylic acids is 2. The normalized spacial score (nSPS) is 11.0. The monoisotopic (exact) mass is 1070 g/mol. The van der Waals surface area contributed by atoms with Crippen LogP contribution in [0, 0.1) is 13.8 Å². The molecule has 2 aromatic rings. The largest absolute Gasteiger partial charge is 1.00 e. The van der Waals surface area contributed by atoms with Crippen LogP contribution in [0.2, 0.25) is 0 Å². The van der Waals surface area contributed by atoms with Crippen molar-refractivity contribution in [2.24, 2.45) is 0 Å². The van der Waals surface area contributed by atoms with Crippen molar-refractivity contribution >= 4 is 34.6 Å². The molecule has 0 aliphatic carbocycles. The molecule has 0 spiro atoms. The first-order valence-electron chi connectivity index (χ1n) is 23.7. The van der Waals surface area contributed by atoms with E-state index in [1.807, 2.05) is 0 Å². The highest BCUT2D eigenvalue weighted by molar-refractivity contribution is 7.09. The van der Waals surface area contributed by atoms with Crippen molar-refractivity contribution in [1.82, 2.24) is 0 Å². The van der Waals surface area contributed by atoms with Crippen LogP contribution in [-0.4, -0.2) is 25.2 Å². The van der Waals surface area contributed by atoms with Crippen LogP contribution < -0.4 is 57.1 Å². The highest BCUT2D eigenvalue weighted by atomic mass is 127. The lowest BCUT2D eigenvalue weighted by atomic mass is 10.0. The summed E-state index contributed by atoms with van der Waals surface area (Å²) in [4.78, 5) is 27.2. The van der Waals surface area contributed by atoms with Crippen LogP contribution in [0.5, 0.6) is 0 Å². The number of aryl methyl sites for hydroxylation is 2. The Labute approximate surface area is 399 Å². The van der Waals surface area contributed by atoms with E-state index in [0.717, 1.165) is 25.9 Å². The van der Waals surface area contributed by atoms with Crippen LogP contribution >= 0.6 is 22.7 Å². The smallest absolute Gasteiger partial charge is 0.306 e. The summed E-state index contributed by atoms with van der Waals surface area (Å²) >= 11 is 3.50. The lowest BCUT2D eigenvalue weighted by Gasteiger charge is -2.05. The summed E-state index contributed by atoms with van der Waals surface area (Å²) in [7, 11) is 0. The minimum Gasteiger partial charge on any atom is -1.00 e. The lowest BCUT2D eigenvalue weighted by molar-refractivity contribution is -0.698. The Morgan fingerprint density at radius 2 is 0.707 bits per heavy atom. The third kappa shape index (κ3) is 29.8. The van der Waals surface area contributed by atoms with Crippen LogP contribution in [0.25, 0.3) is 0 Å². The van der Waals surface area contributed by atoms with E-state index in [1.54, 1.807) is 22.7 Å². The maximum atomic E-state index is 12.3. The second kappa shape index (κ2) is 40.7. The number of aromatic nitrogens is 2. The van der Waals surface area contributed by atoms with Crippen molar-refractivity contribution in [3.8, 4) is 0 Å². The Hall–Kier alpha value is -0.340. The topological polar surface area (TPSA) is 60.4 Å². The Kier molecular flexibility index (Phi) is 40.5. The van der Waals surface area contributed by atoms with Crippen molar-refractivity contribution < 1.29 is 76.2 Å². The first-order chi connectivity index (χ1) is 27.5. The molecule has 0 aliphatic rings. The van der Waals surface area contributed by atoms with E-state index in [0.29, 0.717) is 13.2 Å². The average Bonchev–Trinajstić information content (AvgIpc) is 3.73. The second-order valence-electron chi connectivity index (χ2n) is 16.5. The Balaban J connectivity index is 0.0000162. The zero-order valence-electron chi connectivity index (χ0n) is 37.7. The summed E-state index contributed by atoms with van der Waals surface area (Å²) in [5.74, 6) is -0.657. The molecule has 0 aromatic carbocycles. The molecule has 0 fully saturated rings. The number of hydrogen-bond acceptors (Lipinski definition) is 6. The summed E-state index contributed by atoms with van der Waals surface area (Å²) in [6, 6.07) is 0. The number of esters is 2. The molecule has 2 heterocycles. The van der Waals surface area contributed by atoms with E-state index in [4.69, 9.17) is 9.47 Å². The summed E-state index contributed by atoms with van der Waals surface area (Å²) in [6.45, 7) is 11.7. The molecule has 10 heteroatoms. The first-order valence-corrected chi connectivity index (χ1v) is 25.5. The van der Waals surface area contributed by atoms with E-state index in [2.05, 4.69) is 47.9 Å². The van der Waals surface area contributed by atoms with Gasteiger partial charge in [0, 0.05) is 39.5 Å². The molecule has 0 N–H and O–H groups in total. The van der Waals surface area contributed by atoms with E-state index in [1.165, 1.54) is 201 Å². The van der Waals surface area contributed by atoms with Gasteiger partial charge >= 0.3 is 11.9 Å². The van der Waals surface area contributed by atoms with Crippen molar-refractivity contribution in [2.75, 3.05) is 13.2 Å². The van der Waals surface area contributed by atoms with Crippen molar-refractivity contribution in [1.29, 1.82) is 0 Å². The van der Waals surface area contributed by atoms with Gasteiger partial charge in [0.05, 0.1) is 35.8 Å². The number of nitrogens with zero attached hydrogens (tertiary/aromatic N) is 2. The van der Waals surface area contributed by atoms with Crippen LogP contribution in [0.15, 0.2) is 11.0 Å². The van der Waals surface area contributed by atoms with Gasteiger partial charge in [-0.05, 0) is 12.8 Å². The van der Waals surface area contributed by atoms with Crippen LogP contribution in [0.4, 0.5) is 0 Å². The summed E-state index contributed by atoms with van der Waals surface area (Å²) < 4.78 is 15.7. The SMILES string of the molecule is CCCCCCCCCCCCCCCC[n+]1csc(CCOC(=O)CCC(=O)OCCc2sc[n+](CCCCCCCCCCCCCCCC)c2C)c1C.[I-].[I-].